The quantitative estimate of drug-likeness (QED) is 0.604. The SMILES string of the molecule is C=C(CC)C(=O)OBr. The van der Waals surface area contributed by atoms with E-state index in [9.17, 15) is 4.79 Å². The van der Waals surface area contributed by atoms with Crippen molar-refractivity contribution in [3.05, 3.63) is 12.2 Å². The molecule has 0 aromatic heterocycles. The Morgan fingerprint density at radius 2 is 2.38 bits per heavy atom. The third kappa shape index (κ3) is 2.12. The molecule has 0 saturated carbocycles. The zero-order chi connectivity index (χ0) is 6.57. The molecule has 2 nitrogen and oxygen atoms in total. The van der Waals surface area contributed by atoms with Crippen molar-refractivity contribution < 1.29 is 8.62 Å². The fourth-order valence-electron chi connectivity index (χ4n) is 0.199. The highest BCUT2D eigenvalue weighted by Gasteiger charge is 2.02. The average molecular weight is 179 g/mol. The van der Waals surface area contributed by atoms with E-state index in [1.807, 2.05) is 6.92 Å². The van der Waals surface area contributed by atoms with E-state index in [0.717, 1.165) is 0 Å². The Bertz CT molecular complexity index is 95.0. The normalized spacial score (nSPS) is 8.25. The summed E-state index contributed by atoms with van der Waals surface area (Å²) in [7, 11) is 0. The van der Waals surface area contributed by atoms with Crippen molar-refractivity contribution in [1.82, 2.24) is 0 Å². The number of carbonyl (C=O) groups excluding carboxylic acids is 1. The van der Waals surface area contributed by atoms with Gasteiger partial charge in [-0.15, -0.1) is 0 Å². The molecular formula is C5H7BrO2. The summed E-state index contributed by atoms with van der Waals surface area (Å²) in [6.45, 7) is 5.28. The van der Waals surface area contributed by atoms with Crippen LogP contribution in [0.5, 0.6) is 0 Å². The lowest BCUT2D eigenvalue weighted by molar-refractivity contribution is -0.128. The van der Waals surface area contributed by atoms with Crippen LogP contribution in [0.25, 0.3) is 0 Å². The van der Waals surface area contributed by atoms with Gasteiger partial charge in [0.15, 0.2) is 16.3 Å². The first kappa shape index (κ1) is 7.69. The fraction of sp³-hybridized carbons (Fsp3) is 0.400. The summed E-state index contributed by atoms with van der Waals surface area (Å²) in [5.74, 6) is -0.396. The minimum Gasteiger partial charge on any atom is -0.380 e. The van der Waals surface area contributed by atoms with Crippen molar-refractivity contribution in [2.45, 2.75) is 13.3 Å². The average Bonchev–Trinajstić information content (AvgIpc) is 1.84. The standard InChI is InChI=1S/C5H7BrO2/c1-3-4(2)5(7)8-6/h2-3H2,1H3. The summed E-state index contributed by atoms with van der Waals surface area (Å²) >= 11 is 2.55. The Morgan fingerprint density at radius 1 is 1.88 bits per heavy atom. The molecule has 0 heterocycles. The van der Waals surface area contributed by atoms with Crippen LogP contribution in [0.2, 0.25) is 0 Å². The van der Waals surface area contributed by atoms with Crippen LogP contribution in [0, 0.1) is 0 Å². The summed E-state index contributed by atoms with van der Waals surface area (Å²) in [6.07, 6.45) is 0.629. The van der Waals surface area contributed by atoms with Crippen LogP contribution in [-0.2, 0) is 8.62 Å². The second kappa shape index (κ2) is 3.66. The van der Waals surface area contributed by atoms with E-state index in [1.54, 1.807) is 0 Å². The molecule has 0 aliphatic rings. The summed E-state index contributed by atoms with van der Waals surface area (Å²) in [5, 5.41) is 0. The third-order valence-corrected chi connectivity index (χ3v) is 1.08. The van der Waals surface area contributed by atoms with Crippen LogP contribution in [-0.4, -0.2) is 5.97 Å². The van der Waals surface area contributed by atoms with E-state index >= 15 is 0 Å². The first-order valence-corrected chi connectivity index (χ1v) is 2.87. The maximum atomic E-state index is 10.4. The molecule has 0 bridgehead atoms. The van der Waals surface area contributed by atoms with Crippen molar-refractivity contribution in [3.63, 3.8) is 0 Å². The van der Waals surface area contributed by atoms with Gasteiger partial charge in [0.05, 0.1) is 0 Å². The smallest absolute Gasteiger partial charge is 0.344 e. The second-order valence-corrected chi connectivity index (χ2v) is 1.65. The van der Waals surface area contributed by atoms with E-state index in [4.69, 9.17) is 0 Å². The molecule has 0 spiro atoms. The van der Waals surface area contributed by atoms with E-state index in [2.05, 4.69) is 26.7 Å². The Balaban J connectivity index is 3.64. The molecule has 0 radical (unpaired) electrons. The number of carbonyl (C=O) groups is 1. The van der Waals surface area contributed by atoms with Gasteiger partial charge >= 0.3 is 5.97 Å². The number of hydrogen-bond acceptors (Lipinski definition) is 2. The first-order valence-electron chi connectivity index (χ1n) is 2.23. The third-order valence-electron chi connectivity index (χ3n) is 0.786. The molecular weight excluding hydrogens is 172 g/mol. The second-order valence-electron chi connectivity index (χ2n) is 1.32. The zero-order valence-corrected chi connectivity index (χ0v) is 6.19. The summed E-state index contributed by atoms with van der Waals surface area (Å²) in [4.78, 5) is 10.4. The van der Waals surface area contributed by atoms with Crippen LogP contribution in [0.1, 0.15) is 13.3 Å². The van der Waals surface area contributed by atoms with Crippen molar-refractivity contribution in [1.29, 1.82) is 0 Å². The van der Waals surface area contributed by atoms with Gasteiger partial charge in [0.25, 0.3) is 0 Å². The van der Waals surface area contributed by atoms with E-state index < -0.39 is 5.97 Å². The molecule has 0 aliphatic carbocycles. The molecule has 0 unspecified atom stereocenters. The van der Waals surface area contributed by atoms with Gasteiger partial charge < -0.3 is 3.83 Å². The predicted molar refractivity (Wildman–Crippen MR) is 34.5 cm³/mol. The maximum absolute atomic E-state index is 10.4. The molecule has 0 N–H and O–H groups in total. The van der Waals surface area contributed by atoms with Gasteiger partial charge in [0, 0.05) is 5.57 Å². The van der Waals surface area contributed by atoms with Gasteiger partial charge in [-0.05, 0) is 6.42 Å². The van der Waals surface area contributed by atoms with Crippen molar-refractivity contribution in [2.75, 3.05) is 0 Å². The lowest BCUT2D eigenvalue weighted by Crippen LogP contribution is -1.97. The van der Waals surface area contributed by atoms with Crippen LogP contribution in [0.4, 0.5) is 0 Å². The fourth-order valence-corrected chi connectivity index (χ4v) is 0.428. The van der Waals surface area contributed by atoms with Crippen molar-refractivity contribution in [3.8, 4) is 0 Å². The Kier molecular flexibility index (Phi) is 3.52. The highest BCUT2D eigenvalue weighted by Crippen LogP contribution is 2.01. The van der Waals surface area contributed by atoms with Gasteiger partial charge in [-0.3, -0.25) is 0 Å². The van der Waals surface area contributed by atoms with Crippen molar-refractivity contribution >= 4 is 22.2 Å². The molecule has 0 amide bonds. The lowest BCUT2D eigenvalue weighted by Gasteiger charge is -1.93. The molecule has 0 aliphatic heterocycles. The lowest BCUT2D eigenvalue weighted by atomic mass is 10.2. The van der Waals surface area contributed by atoms with E-state index in [-0.39, 0.29) is 0 Å². The summed E-state index contributed by atoms with van der Waals surface area (Å²) in [5.41, 5.74) is 0.474. The van der Waals surface area contributed by atoms with Gasteiger partial charge in [-0.2, -0.15) is 0 Å². The zero-order valence-electron chi connectivity index (χ0n) is 4.61. The van der Waals surface area contributed by atoms with Crippen LogP contribution in [0.15, 0.2) is 12.2 Å². The molecule has 0 rings (SSSR count). The number of hydrogen-bond donors (Lipinski definition) is 0. The predicted octanol–water partition coefficient (Wildman–Crippen LogP) is 1.81. The van der Waals surface area contributed by atoms with Crippen molar-refractivity contribution in [2.24, 2.45) is 0 Å². The van der Waals surface area contributed by atoms with Gasteiger partial charge in [-0.1, -0.05) is 13.5 Å². The van der Waals surface area contributed by atoms with Gasteiger partial charge in [-0.25, -0.2) is 4.79 Å². The van der Waals surface area contributed by atoms with Gasteiger partial charge in [0.1, 0.15) is 0 Å². The van der Waals surface area contributed by atoms with Crippen LogP contribution in [0.3, 0.4) is 0 Å². The Morgan fingerprint density at radius 3 is 2.50 bits per heavy atom. The topological polar surface area (TPSA) is 26.3 Å². The number of halogens is 1. The summed E-state index contributed by atoms with van der Waals surface area (Å²) in [6, 6.07) is 0. The van der Waals surface area contributed by atoms with Crippen LogP contribution < -0.4 is 0 Å². The largest absolute Gasteiger partial charge is 0.380 e. The number of rotatable bonds is 2. The molecule has 0 aromatic rings. The minimum absolute atomic E-state index is 0.396. The maximum Gasteiger partial charge on any atom is 0.344 e. The molecule has 0 aromatic carbocycles. The molecule has 8 heavy (non-hydrogen) atoms. The molecule has 0 atom stereocenters. The monoisotopic (exact) mass is 178 g/mol. The summed E-state index contributed by atoms with van der Waals surface area (Å²) < 4.78 is 4.18. The highest BCUT2D eigenvalue weighted by atomic mass is 79.9. The van der Waals surface area contributed by atoms with Crippen LogP contribution >= 0.6 is 16.3 Å². The van der Waals surface area contributed by atoms with E-state index in [0.29, 0.717) is 12.0 Å². The first-order chi connectivity index (χ1) is 3.72. The molecule has 0 saturated heterocycles. The van der Waals surface area contributed by atoms with Gasteiger partial charge in [0.2, 0.25) is 0 Å². The molecule has 3 heteroatoms. The Hall–Kier alpha value is -0.310. The minimum atomic E-state index is -0.396. The Labute approximate surface area is 57.0 Å². The highest BCUT2D eigenvalue weighted by molar-refractivity contribution is 9.06. The molecule has 0 fully saturated rings. The molecule has 46 valence electrons. The van der Waals surface area contributed by atoms with E-state index in [1.165, 1.54) is 0 Å².